The highest BCUT2D eigenvalue weighted by Gasteiger charge is 2.30. The molecule has 22 heavy (non-hydrogen) atoms. The number of amides is 1. The molecular weight excluding hydrogens is 276 g/mol. The lowest BCUT2D eigenvalue weighted by molar-refractivity contribution is 0.0927. The number of fused-ring (bicyclic) bond motifs is 1. The zero-order valence-electron chi connectivity index (χ0n) is 12.2. The number of para-hydroxylation sites is 2. The fourth-order valence-electron chi connectivity index (χ4n) is 2.65. The van der Waals surface area contributed by atoms with Crippen molar-refractivity contribution in [2.24, 2.45) is 0 Å². The minimum Gasteiger partial charge on any atom is -0.481 e. The van der Waals surface area contributed by atoms with E-state index in [1.54, 1.807) is 0 Å². The predicted octanol–water partition coefficient (Wildman–Crippen LogP) is 2.58. The summed E-state index contributed by atoms with van der Waals surface area (Å²) in [6.45, 7) is 0.192. The minimum atomic E-state index is -0.295. The van der Waals surface area contributed by atoms with E-state index in [9.17, 15) is 4.79 Å². The molecule has 1 aliphatic rings. The number of terminal acetylenes is 1. The van der Waals surface area contributed by atoms with E-state index in [0.29, 0.717) is 11.3 Å². The Hall–Kier alpha value is -2.93. The van der Waals surface area contributed by atoms with Gasteiger partial charge in [-0.15, -0.1) is 6.42 Å². The average molecular weight is 292 g/mol. The molecule has 2 aromatic carbocycles. The monoisotopic (exact) mass is 292 g/mol. The summed E-state index contributed by atoms with van der Waals surface area (Å²) in [6.07, 6.45) is 4.97. The van der Waals surface area contributed by atoms with Crippen LogP contribution in [-0.4, -0.2) is 19.6 Å². The van der Waals surface area contributed by atoms with Crippen LogP contribution in [0.4, 0.5) is 5.69 Å². The van der Waals surface area contributed by atoms with Crippen molar-refractivity contribution >= 4 is 11.6 Å². The number of nitrogens with zero attached hydrogens (tertiary/aromatic N) is 1. The molecule has 0 saturated heterocycles. The van der Waals surface area contributed by atoms with Crippen LogP contribution >= 0.6 is 0 Å². The molecule has 0 radical (unpaired) electrons. The summed E-state index contributed by atoms with van der Waals surface area (Å²) in [5.41, 5.74) is 2.44. The second-order valence-corrected chi connectivity index (χ2v) is 5.03. The van der Waals surface area contributed by atoms with Crippen LogP contribution in [0.3, 0.4) is 0 Å². The number of hydrogen-bond acceptors (Lipinski definition) is 3. The van der Waals surface area contributed by atoms with Crippen LogP contribution in [0.1, 0.15) is 22.1 Å². The van der Waals surface area contributed by atoms with Gasteiger partial charge in [-0.05, 0) is 18.2 Å². The summed E-state index contributed by atoms with van der Waals surface area (Å²) in [4.78, 5) is 14.4. The van der Waals surface area contributed by atoms with Gasteiger partial charge in [-0.1, -0.05) is 36.3 Å². The lowest BCUT2D eigenvalue weighted by Crippen LogP contribution is -2.44. The van der Waals surface area contributed by atoms with Gasteiger partial charge in [-0.2, -0.15) is 0 Å². The fourth-order valence-corrected chi connectivity index (χ4v) is 2.65. The topological polar surface area (TPSA) is 41.6 Å². The van der Waals surface area contributed by atoms with Crippen molar-refractivity contribution in [3.05, 3.63) is 59.7 Å². The van der Waals surface area contributed by atoms with E-state index in [1.165, 1.54) is 0 Å². The minimum absolute atomic E-state index is 0.0922. The third-order valence-electron chi connectivity index (χ3n) is 3.71. The SMILES string of the molecule is C#CCOc1ccccc1C1NC(=O)c2ccccc2N1C. The Morgan fingerprint density at radius 2 is 1.95 bits per heavy atom. The van der Waals surface area contributed by atoms with Gasteiger partial charge in [0.05, 0.1) is 11.3 Å². The molecule has 1 heterocycles. The summed E-state index contributed by atoms with van der Waals surface area (Å²) in [7, 11) is 1.95. The molecule has 1 aliphatic heterocycles. The number of benzene rings is 2. The molecule has 0 aromatic heterocycles. The van der Waals surface area contributed by atoms with Gasteiger partial charge in [0.15, 0.2) is 0 Å². The number of ether oxygens (including phenoxy) is 1. The van der Waals surface area contributed by atoms with Gasteiger partial charge >= 0.3 is 0 Å². The molecule has 0 fully saturated rings. The van der Waals surface area contributed by atoms with Crippen molar-refractivity contribution < 1.29 is 9.53 Å². The van der Waals surface area contributed by atoms with Crippen LogP contribution in [0.15, 0.2) is 48.5 Å². The lowest BCUT2D eigenvalue weighted by Gasteiger charge is -2.37. The molecule has 4 nitrogen and oxygen atoms in total. The summed E-state index contributed by atoms with van der Waals surface area (Å²) in [5.74, 6) is 3.04. The maximum Gasteiger partial charge on any atom is 0.255 e. The average Bonchev–Trinajstić information content (AvgIpc) is 2.57. The maximum atomic E-state index is 12.3. The summed E-state index contributed by atoms with van der Waals surface area (Å²) in [5, 5.41) is 3.01. The molecule has 0 spiro atoms. The van der Waals surface area contributed by atoms with Gasteiger partial charge in [0.2, 0.25) is 0 Å². The molecule has 3 rings (SSSR count). The lowest BCUT2D eigenvalue weighted by atomic mass is 10.0. The van der Waals surface area contributed by atoms with Crippen molar-refractivity contribution in [3.8, 4) is 18.1 Å². The molecule has 110 valence electrons. The second kappa shape index (κ2) is 5.82. The number of carbonyl (C=O) groups is 1. The second-order valence-electron chi connectivity index (χ2n) is 5.03. The van der Waals surface area contributed by atoms with Gasteiger partial charge in [-0.3, -0.25) is 4.79 Å². The summed E-state index contributed by atoms with van der Waals surface area (Å²) in [6, 6.07) is 15.1. The molecule has 0 aliphatic carbocycles. The first-order chi connectivity index (χ1) is 10.7. The van der Waals surface area contributed by atoms with Crippen molar-refractivity contribution in [2.75, 3.05) is 18.6 Å². The van der Waals surface area contributed by atoms with Crippen LogP contribution < -0.4 is 15.0 Å². The number of anilines is 1. The van der Waals surface area contributed by atoms with Crippen LogP contribution in [0.25, 0.3) is 0 Å². The molecule has 2 aromatic rings. The van der Waals surface area contributed by atoms with E-state index in [0.717, 1.165) is 11.3 Å². The molecule has 0 saturated carbocycles. The highest BCUT2D eigenvalue weighted by molar-refractivity contribution is 6.02. The van der Waals surface area contributed by atoms with Gasteiger partial charge in [0.1, 0.15) is 18.5 Å². The van der Waals surface area contributed by atoms with Gasteiger partial charge < -0.3 is 15.0 Å². The van der Waals surface area contributed by atoms with Gasteiger partial charge in [-0.25, -0.2) is 0 Å². The molecule has 4 heteroatoms. The number of carbonyl (C=O) groups excluding carboxylic acids is 1. The van der Waals surface area contributed by atoms with Crippen molar-refractivity contribution in [1.29, 1.82) is 0 Å². The Bertz CT molecular complexity index is 749. The normalized spacial score (nSPS) is 16.5. The van der Waals surface area contributed by atoms with Gasteiger partial charge in [0, 0.05) is 12.6 Å². The van der Waals surface area contributed by atoms with E-state index in [4.69, 9.17) is 11.2 Å². The zero-order valence-corrected chi connectivity index (χ0v) is 12.2. The zero-order chi connectivity index (χ0) is 15.5. The molecule has 0 bridgehead atoms. The highest BCUT2D eigenvalue weighted by atomic mass is 16.5. The van der Waals surface area contributed by atoms with E-state index in [1.807, 2.05) is 60.5 Å². The Kier molecular flexibility index (Phi) is 3.71. The van der Waals surface area contributed by atoms with E-state index in [2.05, 4.69) is 11.2 Å². The standard InChI is InChI=1S/C18H16N2O2/c1-3-12-22-16-11-7-5-9-14(16)17-19-18(21)13-8-4-6-10-15(13)20(17)2/h1,4-11,17H,12H2,2H3,(H,19,21). The molecule has 1 amide bonds. The Labute approximate surface area is 129 Å². The summed E-state index contributed by atoms with van der Waals surface area (Å²) < 4.78 is 5.60. The van der Waals surface area contributed by atoms with Gasteiger partial charge in [0.25, 0.3) is 5.91 Å². The molecular formula is C18H16N2O2. The van der Waals surface area contributed by atoms with Crippen LogP contribution in [0.5, 0.6) is 5.75 Å². The first-order valence-corrected chi connectivity index (χ1v) is 7.00. The van der Waals surface area contributed by atoms with Crippen molar-refractivity contribution in [3.63, 3.8) is 0 Å². The highest BCUT2D eigenvalue weighted by Crippen LogP contribution is 2.35. The largest absolute Gasteiger partial charge is 0.481 e. The summed E-state index contributed by atoms with van der Waals surface area (Å²) >= 11 is 0. The third-order valence-corrected chi connectivity index (χ3v) is 3.71. The van der Waals surface area contributed by atoms with E-state index < -0.39 is 0 Å². The van der Waals surface area contributed by atoms with Crippen LogP contribution in [0, 0.1) is 12.3 Å². The van der Waals surface area contributed by atoms with E-state index >= 15 is 0 Å². The smallest absolute Gasteiger partial charge is 0.255 e. The van der Waals surface area contributed by atoms with Crippen LogP contribution in [0.2, 0.25) is 0 Å². The quantitative estimate of drug-likeness (QED) is 0.884. The Morgan fingerprint density at radius 3 is 2.77 bits per heavy atom. The van der Waals surface area contributed by atoms with Crippen LogP contribution in [-0.2, 0) is 0 Å². The van der Waals surface area contributed by atoms with Crippen molar-refractivity contribution in [1.82, 2.24) is 5.32 Å². The predicted molar refractivity (Wildman–Crippen MR) is 85.8 cm³/mol. The Morgan fingerprint density at radius 1 is 1.23 bits per heavy atom. The first kappa shape index (κ1) is 14.0. The fraction of sp³-hybridized carbons (Fsp3) is 0.167. The molecule has 1 unspecified atom stereocenters. The van der Waals surface area contributed by atoms with Crippen molar-refractivity contribution in [2.45, 2.75) is 6.17 Å². The van der Waals surface area contributed by atoms with E-state index in [-0.39, 0.29) is 18.7 Å². The third kappa shape index (κ3) is 2.38. The first-order valence-electron chi connectivity index (χ1n) is 7.00. The molecule has 1 atom stereocenters. The number of nitrogens with one attached hydrogen (secondary N) is 1. The molecule has 1 N–H and O–H groups in total. The number of rotatable bonds is 3. The Balaban J connectivity index is 2.01. The maximum absolute atomic E-state index is 12.3. The number of hydrogen-bond donors (Lipinski definition) is 1.